The monoisotopic (exact) mass is 333 g/mol. The van der Waals surface area contributed by atoms with Crippen molar-refractivity contribution in [3.05, 3.63) is 53.5 Å². The molecule has 1 amide bonds. The number of para-hydroxylation sites is 1. The largest absolute Gasteiger partial charge is 0.462 e. The molecule has 3 rings (SSSR count). The average molecular weight is 333 g/mol. The van der Waals surface area contributed by atoms with Crippen molar-refractivity contribution in [1.82, 2.24) is 0 Å². The predicted molar refractivity (Wildman–Crippen MR) is 86.2 cm³/mol. The Labute approximate surface area is 138 Å². The number of anilines is 1. The highest BCUT2D eigenvalue weighted by molar-refractivity contribution is 6.05. The van der Waals surface area contributed by atoms with E-state index in [-0.39, 0.29) is 11.7 Å². The van der Waals surface area contributed by atoms with Crippen LogP contribution in [0.4, 0.5) is 14.5 Å². The number of carbonyl (C=O) groups is 1. The van der Waals surface area contributed by atoms with Crippen LogP contribution in [0.1, 0.15) is 23.5 Å². The molecule has 6 heteroatoms. The molecule has 0 bridgehead atoms. The number of halogens is 2. The zero-order chi connectivity index (χ0) is 17.1. The molecule has 0 spiro atoms. The molecule has 1 aliphatic rings. The standard InChI is InChI=1S/C18H17F2NO3/c1-12-7-8-14(23-12)9-10-16(22)21-11-3-5-13-4-2-6-15(17(13)21)24-18(19)20/h2,4,6-10,18H,3,5,11H2,1H3/b10-9+. The number of hydrogen-bond acceptors (Lipinski definition) is 3. The Kier molecular flexibility index (Phi) is 4.64. The van der Waals surface area contributed by atoms with Gasteiger partial charge in [0.1, 0.15) is 17.3 Å². The fourth-order valence-corrected chi connectivity index (χ4v) is 2.81. The first-order valence-corrected chi connectivity index (χ1v) is 7.67. The van der Waals surface area contributed by atoms with Crippen molar-refractivity contribution in [3.63, 3.8) is 0 Å². The van der Waals surface area contributed by atoms with E-state index in [0.717, 1.165) is 24.2 Å². The van der Waals surface area contributed by atoms with Gasteiger partial charge in [0.15, 0.2) is 0 Å². The molecular weight excluding hydrogens is 316 g/mol. The van der Waals surface area contributed by atoms with Gasteiger partial charge < -0.3 is 14.1 Å². The summed E-state index contributed by atoms with van der Waals surface area (Å²) in [4.78, 5) is 14.0. The quantitative estimate of drug-likeness (QED) is 0.788. The van der Waals surface area contributed by atoms with Crippen LogP contribution in [0.5, 0.6) is 5.75 Å². The summed E-state index contributed by atoms with van der Waals surface area (Å²) in [6.07, 6.45) is 4.44. The van der Waals surface area contributed by atoms with Gasteiger partial charge in [-0.2, -0.15) is 8.78 Å². The lowest BCUT2D eigenvalue weighted by molar-refractivity contribution is -0.114. The highest BCUT2D eigenvalue weighted by atomic mass is 19.3. The lowest BCUT2D eigenvalue weighted by atomic mass is 10.0. The highest BCUT2D eigenvalue weighted by Crippen LogP contribution is 2.37. The third-order valence-electron chi connectivity index (χ3n) is 3.81. The van der Waals surface area contributed by atoms with Crippen LogP contribution < -0.4 is 9.64 Å². The van der Waals surface area contributed by atoms with Crippen LogP contribution in [0.25, 0.3) is 6.08 Å². The molecule has 0 atom stereocenters. The highest BCUT2D eigenvalue weighted by Gasteiger charge is 2.26. The first-order valence-electron chi connectivity index (χ1n) is 7.67. The number of amides is 1. The van der Waals surface area contributed by atoms with E-state index < -0.39 is 6.61 Å². The molecule has 0 saturated carbocycles. The summed E-state index contributed by atoms with van der Waals surface area (Å²) in [5, 5.41) is 0. The van der Waals surface area contributed by atoms with E-state index in [0.29, 0.717) is 18.0 Å². The molecule has 0 unspecified atom stereocenters. The zero-order valence-electron chi connectivity index (χ0n) is 13.2. The van der Waals surface area contributed by atoms with Crippen molar-refractivity contribution in [2.75, 3.05) is 11.4 Å². The fraction of sp³-hybridized carbons (Fsp3) is 0.278. The summed E-state index contributed by atoms with van der Waals surface area (Å²) in [5.74, 6) is 1.04. The Bertz CT molecular complexity index is 767. The molecule has 2 heterocycles. The molecule has 0 aliphatic carbocycles. The van der Waals surface area contributed by atoms with Crippen molar-refractivity contribution in [2.24, 2.45) is 0 Å². The maximum absolute atomic E-state index is 12.6. The average Bonchev–Trinajstić information content (AvgIpc) is 2.97. The molecule has 4 nitrogen and oxygen atoms in total. The molecule has 0 fully saturated rings. The van der Waals surface area contributed by atoms with E-state index in [4.69, 9.17) is 4.42 Å². The normalized spacial score (nSPS) is 14.2. The summed E-state index contributed by atoms with van der Waals surface area (Å²) < 4.78 is 35.3. The minimum absolute atomic E-state index is 0.0257. The molecule has 0 N–H and O–H groups in total. The van der Waals surface area contributed by atoms with Crippen molar-refractivity contribution in [2.45, 2.75) is 26.4 Å². The Balaban J connectivity index is 1.88. The van der Waals surface area contributed by atoms with E-state index in [2.05, 4.69) is 4.74 Å². The number of carbonyl (C=O) groups excluding carboxylic acids is 1. The topological polar surface area (TPSA) is 42.7 Å². The van der Waals surface area contributed by atoms with Crippen LogP contribution in [0, 0.1) is 6.92 Å². The molecule has 1 aromatic carbocycles. The number of nitrogens with zero attached hydrogens (tertiary/aromatic N) is 1. The van der Waals surface area contributed by atoms with Gasteiger partial charge in [-0.15, -0.1) is 0 Å². The molecule has 1 aliphatic heterocycles. The van der Waals surface area contributed by atoms with Crippen LogP contribution in [-0.2, 0) is 11.2 Å². The van der Waals surface area contributed by atoms with Gasteiger partial charge in [0, 0.05) is 12.6 Å². The molecule has 0 radical (unpaired) electrons. The second kappa shape index (κ2) is 6.86. The number of rotatable bonds is 4. The number of ether oxygens (including phenoxy) is 1. The lowest BCUT2D eigenvalue weighted by Crippen LogP contribution is -2.34. The van der Waals surface area contributed by atoms with E-state index >= 15 is 0 Å². The molecule has 2 aromatic rings. The molecule has 24 heavy (non-hydrogen) atoms. The van der Waals surface area contributed by atoms with Crippen LogP contribution in [0.15, 0.2) is 40.8 Å². The van der Waals surface area contributed by atoms with Gasteiger partial charge in [-0.05, 0) is 49.6 Å². The molecule has 0 saturated heterocycles. The van der Waals surface area contributed by atoms with Gasteiger partial charge in [-0.25, -0.2) is 0 Å². The minimum Gasteiger partial charge on any atom is -0.462 e. The summed E-state index contributed by atoms with van der Waals surface area (Å²) in [6, 6.07) is 8.50. The fourth-order valence-electron chi connectivity index (χ4n) is 2.81. The summed E-state index contributed by atoms with van der Waals surface area (Å²) in [5.41, 5.74) is 1.25. The minimum atomic E-state index is -2.93. The van der Waals surface area contributed by atoms with Crippen molar-refractivity contribution >= 4 is 17.7 Å². The van der Waals surface area contributed by atoms with Gasteiger partial charge in [-0.3, -0.25) is 4.79 Å². The lowest BCUT2D eigenvalue weighted by Gasteiger charge is -2.30. The number of benzene rings is 1. The smallest absolute Gasteiger partial charge is 0.387 e. The molecular formula is C18H17F2NO3. The molecule has 126 valence electrons. The van der Waals surface area contributed by atoms with E-state index in [1.165, 1.54) is 17.0 Å². The van der Waals surface area contributed by atoms with Crippen LogP contribution in [-0.4, -0.2) is 19.1 Å². The summed E-state index contributed by atoms with van der Waals surface area (Å²) >= 11 is 0. The van der Waals surface area contributed by atoms with E-state index in [9.17, 15) is 13.6 Å². The first-order chi connectivity index (χ1) is 11.5. The predicted octanol–water partition coefficient (Wildman–Crippen LogP) is 4.18. The van der Waals surface area contributed by atoms with Crippen molar-refractivity contribution < 1.29 is 22.7 Å². The zero-order valence-corrected chi connectivity index (χ0v) is 13.2. The van der Waals surface area contributed by atoms with Crippen LogP contribution in [0.2, 0.25) is 0 Å². The third-order valence-corrected chi connectivity index (χ3v) is 3.81. The number of hydrogen-bond donors (Lipinski definition) is 0. The van der Waals surface area contributed by atoms with Crippen LogP contribution in [0.3, 0.4) is 0 Å². The van der Waals surface area contributed by atoms with Gasteiger partial charge in [-0.1, -0.05) is 12.1 Å². The SMILES string of the molecule is Cc1ccc(/C=C/C(=O)N2CCCc3cccc(OC(F)F)c32)o1. The molecule has 1 aromatic heterocycles. The third kappa shape index (κ3) is 3.48. The Morgan fingerprint density at radius 1 is 1.33 bits per heavy atom. The maximum Gasteiger partial charge on any atom is 0.387 e. The Hall–Kier alpha value is -2.63. The van der Waals surface area contributed by atoms with Gasteiger partial charge in [0.05, 0.1) is 5.69 Å². The van der Waals surface area contributed by atoms with Crippen molar-refractivity contribution in [1.29, 1.82) is 0 Å². The Morgan fingerprint density at radius 2 is 2.17 bits per heavy atom. The Morgan fingerprint density at radius 3 is 2.88 bits per heavy atom. The van der Waals surface area contributed by atoms with Gasteiger partial charge in [0.25, 0.3) is 5.91 Å². The second-order valence-corrected chi connectivity index (χ2v) is 5.52. The van der Waals surface area contributed by atoms with Gasteiger partial charge >= 0.3 is 6.61 Å². The second-order valence-electron chi connectivity index (χ2n) is 5.52. The first kappa shape index (κ1) is 16.2. The number of furan rings is 1. The van der Waals surface area contributed by atoms with E-state index in [1.807, 2.05) is 13.0 Å². The van der Waals surface area contributed by atoms with Crippen molar-refractivity contribution in [3.8, 4) is 5.75 Å². The maximum atomic E-state index is 12.6. The summed E-state index contributed by atoms with van der Waals surface area (Å²) in [7, 11) is 0. The van der Waals surface area contributed by atoms with Gasteiger partial charge in [0.2, 0.25) is 0 Å². The van der Waals surface area contributed by atoms with Crippen LogP contribution >= 0.6 is 0 Å². The number of aryl methyl sites for hydroxylation is 2. The summed E-state index contributed by atoms with van der Waals surface area (Å²) in [6.45, 7) is -0.665. The number of fused-ring (bicyclic) bond motifs is 1. The van der Waals surface area contributed by atoms with E-state index in [1.54, 1.807) is 24.3 Å². The number of alkyl halides is 2.